The lowest BCUT2D eigenvalue weighted by Gasteiger charge is -2.38. The summed E-state index contributed by atoms with van der Waals surface area (Å²) in [5.74, 6) is 0.924. The van der Waals surface area contributed by atoms with Crippen LogP contribution in [0.5, 0.6) is 5.75 Å². The van der Waals surface area contributed by atoms with Gasteiger partial charge in [-0.05, 0) is 49.4 Å². The van der Waals surface area contributed by atoms with Gasteiger partial charge in [0, 0.05) is 0 Å². The maximum absolute atomic E-state index is 12.3. The Bertz CT molecular complexity index is 485. The van der Waals surface area contributed by atoms with Gasteiger partial charge in [0.1, 0.15) is 12.4 Å². The van der Waals surface area contributed by atoms with Crippen molar-refractivity contribution in [3.8, 4) is 5.75 Å². The van der Waals surface area contributed by atoms with Gasteiger partial charge in [-0.2, -0.15) is 0 Å². The van der Waals surface area contributed by atoms with Crippen molar-refractivity contribution in [2.45, 2.75) is 39.7 Å². The van der Waals surface area contributed by atoms with Gasteiger partial charge < -0.3 is 15.4 Å². The molecule has 1 aliphatic heterocycles. The van der Waals surface area contributed by atoms with Crippen LogP contribution in [-0.2, 0) is 4.79 Å². The van der Waals surface area contributed by atoms with E-state index < -0.39 is 0 Å². The summed E-state index contributed by atoms with van der Waals surface area (Å²) in [5, 5.41) is 6.29. The molecule has 0 aliphatic carbocycles. The van der Waals surface area contributed by atoms with Crippen molar-refractivity contribution < 1.29 is 9.53 Å². The van der Waals surface area contributed by atoms with E-state index in [-0.39, 0.29) is 17.4 Å². The second-order valence-electron chi connectivity index (χ2n) is 6.44. The lowest BCUT2D eigenvalue weighted by Crippen LogP contribution is -2.55. The number of hydrogen-bond donors (Lipinski definition) is 2. The van der Waals surface area contributed by atoms with Crippen molar-refractivity contribution in [3.63, 3.8) is 0 Å². The lowest BCUT2D eigenvalue weighted by atomic mass is 9.77. The van der Waals surface area contributed by atoms with Crippen LogP contribution in [0.3, 0.4) is 0 Å². The number of aryl methyl sites for hydroxylation is 1. The molecule has 0 saturated carbocycles. The lowest BCUT2D eigenvalue weighted by molar-refractivity contribution is -0.126. The zero-order valence-electron chi connectivity index (χ0n) is 13.2. The fraction of sp³-hybridized carbons (Fsp3) is 0.588. The predicted molar refractivity (Wildman–Crippen MR) is 84.5 cm³/mol. The Labute approximate surface area is 127 Å². The van der Waals surface area contributed by atoms with Crippen molar-refractivity contribution in [2.24, 2.45) is 5.41 Å². The number of carbonyl (C=O) groups is 1. The van der Waals surface area contributed by atoms with Gasteiger partial charge in [-0.1, -0.05) is 26.0 Å². The van der Waals surface area contributed by atoms with E-state index in [0.717, 1.165) is 25.1 Å². The third-order valence-electron chi connectivity index (χ3n) is 4.05. The van der Waals surface area contributed by atoms with Crippen LogP contribution < -0.4 is 15.4 Å². The quantitative estimate of drug-likeness (QED) is 0.818. The van der Waals surface area contributed by atoms with Gasteiger partial charge >= 0.3 is 0 Å². The zero-order chi connectivity index (χ0) is 15.3. The summed E-state index contributed by atoms with van der Waals surface area (Å²) in [6.45, 7) is 8.26. The molecule has 116 valence electrons. The molecule has 1 heterocycles. The smallest absolute Gasteiger partial charge is 0.237 e. The molecule has 2 N–H and O–H groups in total. The average molecular weight is 290 g/mol. The Kier molecular flexibility index (Phi) is 5.23. The van der Waals surface area contributed by atoms with Gasteiger partial charge in [0.2, 0.25) is 5.91 Å². The van der Waals surface area contributed by atoms with E-state index in [4.69, 9.17) is 4.74 Å². The minimum absolute atomic E-state index is 0.0136. The summed E-state index contributed by atoms with van der Waals surface area (Å²) >= 11 is 0. The molecule has 4 heteroatoms. The van der Waals surface area contributed by atoms with Crippen LogP contribution in [0.15, 0.2) is 24.3 Å². The molecule has 0 bridgehead atoms. The predicted octanol–water partition coefficient (Wildman–Crippen LogP) is 2.27. The van der Waals surface area contributed by atoms with Crippen LogP contribution in [0, 0.1) is 12.3 Å². The van der Waals surface area contributed by atoms with Crippen molar-refractivity contribution >= 4 is 5.91 Å². The first-order valence-electron chi connectivity index (χ1n) is 7.69. The monoisotopic (exact) mass is 290 g/mol. The molecule has 0 radical (unpaired) electrons. The average Bonchev–Trinajstić information content (AvgIpc) is 2.43. The minimum Gasteiger partial charge on any atom is -0.492 e. The van der Waals surface area contributed by atoms with Crippen LogP contribution in [0.1, 0.15) is 32.3 Å². The summed E-state index contributed by atoms with van der Waals surface area (Å²) < 4.78 is 5.64. The van der Waals surface area contributed by atoms with E-state index in [9.17, 15) is 4.79 Å². The molecule has 1 amide bonds. The molecule has 1 aromatic rings. The van der Waals surface area contributed by atoms with E-state index in [1.165, 1.54) is 5.56 Å². The Balaban J connectivity index is 1.74. The molecule has 0 aromatic heterocycles. The van der Waals surface area contributed by atoms with Gasteiger partial charge in [-0.25, -0.2) is 0 Å². The summed E-state index contributed by atoms with van der Waals surface area (Å²) in [7, 11) is 0. The first-order chi connectivity index (χ1) is 9.99. The fourth-order valence-corrected chi connectivity index (χ4v) is 2.81. The minimum atomic E-state index is -0.106. The van der Waals surface area contributed by atoms with Crippen molar-refractivity contribution in [3.05, 3.63) is 29.8 Å². The van der Waals surface area contributed by atoms with E-state index >= 15 is 0 Å². The number of rotatable bonds is 5. The molecule has 21 heavy (non-hydrogen) atoms. The number of benzene rings is 1. The number of amides is 1. The van der Waals surface area contributed by atoms with Gasteiger partial charge in [-0.15, -0.1) is 0 Å². The highest BCUT2D eigenvalue weighted by Gasteiger charge is 2.36. The number of carbonyl (C=O) groups excluding carboxylic acids is 1. The molecule has 1 fully saturated rings. The molecule has 1 aromatic carbocycles. The first-order valence-corrected chi connectivity index (χ1v) is 7.69. The number of piperidine rings is 1. The fourth-order valence-electron chi connectivity index (χ4n) is 2.81. The molecule has 1 aliphatic rings. The standard InChI is InChI=1S/C17H26N2O2/c1-13-6-4-7-14(12-13)21-11-10-19-16(20)15-17(2,3)8-5-9-18-15/h4,6-7,12,15,18H,5,8-11H2,1-3H3,(H,19,20). The molecular formula is C17H26N2O2. The second-order valence-corrected chi connectivity index (χ2v) is 6.44. The second kappa shape index (κ2) is 6.94. The van der Waals surface area contributed by atoms with Crippen molar-refractivity contribution in [2.75, 3.05) is 19.7 Å². The van der Waals surface area contributed by atoms with Crippen molar-refractivity contribution in [1.29, 1.82) is 0 Å². The van der Waals surface area contributed by atoms with Gasteiger partial charge in [0.25, 0.3) is 0 Å². The number of ether oxygens (including phenoxy) is 1. The van der Waals surface area contributed by atoms with E-state index in [2.05, 4.69) is 24.5 Å². The Morgan fingerprint density at radius 3 is 3.00 bits per heavy atom. The largest absolute Gasteiger partial charge is 0.492 e. The maximum Gasteiger partial charge on any atom is 0.237 e. The highest BCUT2D eigenvalue weighted by atomic mass is 16.5. The SMILES string of the molecule is Cc1cccc(OCCNC(=O)C2NCCCC2(C)C)c1. The van der Waals surface area contributed by atoms with Crippen LogP contribution >= 0.6 is 0 Å². The van der Waals surface area contributed by atoms with Gasteiger partial charge in [0.05, 0.1) is 12.6 Å². The van der Waals surface area contributed by atoms with Crippen LogP contribution in [0.4, 0.5) is 0 Å². The third kappa shape index (κ3) is 4.46. The third-order valence-corrected chi connectivity index (χ3v) is 4.05. The maximum atomic E-state index is 12.3. The highest BCUT2D eigenvalue weighted by molar-refractivity contribution is 5.82. The van der Waals surface area contributed by atoms with E-state index in [1.807, 2.05) is 31.2 Å². The molecule has 2 rings (SSSR count). The summed E-state index contributed by atoms with van der Waals surface area (Å²) in [4.78, 5) is 12.3. The first kappa shape index (κ1) is 15.8. The molecule has 1 unspecified atom stereocenters. The van der Waals surface area contributed by atoms with Crippen LogP contribution in [-0.4, -0.2) is 31.6 Å². The molecular weight excluding hydrogens is 264 g/mol. The van der Waals surface area contributed by atoms with E-state index in [0.29, 0.717) is 13.2 Å². The van der Waals surface area contributed by atoms with Gasteiger partial charge in [-0.3, -0.25) is 4.79 Å². The Morgan fingerprint density at radius 2 is 2.29 bits per heavy atom. The van der Waals surface area contributed by atoms with Crippen LogP contribution in [0.25, 0.3) is 0 Å². The summed E-state index contributed by atoms with van der Waals surface area (Å²) in [6, 6.07) is 7.82. The molecule has 1 saturated heterocycles. The Hall–Kier alpha value is -1.55. The van der Waals surface area contributed by atoms with Gasteiger partial charge in [0.15, 0.2) is 0 Å². The summed E-state index contributed by atoms with van der Waals surface area (Å²) in [5.41, 5.74) is 1.18. The molecule has 1 atom stereocenters. The van der Waals surface area contributed by atoms with Crippen LogP contribution in [0.2, 0.25) is 0 Å². The summed E-state index contributed by atoms with van der Waals surface area (Å²) in [6.07, 6.45) is 2.21. The topological polar surface area (TPSA) is 50.4 Å². The van der Waals surface area contributed by atoms with Crippen molar-refractivity contribution in [1.82, 2.24) is 10.6 Å². The highest BCUT2D eigenvalue weighted by Crippen LogP contribution is 2.29. The zero-order valence-corrected chi connectivity index (χ0v) is 13.2. The number of hydrogen-bond acceptors (Lipinski definition) is 3. The van der Waals surface area contributed by atoms with E-state index in [1.54, 1.807) is 0 Å². The molecule has 4 nitrogen and oxygen atoms in total. The number of nitrogens with one attached hydrogen (secondary N) is 2. The Morgan fingerprint density at radius 1 is 1.48 bits per heavy atom. The normalized spacial score (nSPS) is 20.8. The molecule has 0 spiro atoms.